The van der Waals surface area contributed by atoms with Crippen molar-refractivity contribution >= 4 is 23.2 Å². The fraction of sp³-hybridized carbons (Fsp3) is 0.286. The first-order valence-corrected chi connectivity index (χ1v) is 6.26. The Morgan fingerprint density at radius 3 is 2.32 bits per heavy atom. The van der Waals surface area contributed by atoms with Gasteiger partial charge in [-0.1, -0.05) is 11.6 Å². The monoisotopic (exact) mass is 275 g/mol. The van der Waals surface area contributed by atoms with Gasteiger partial charge in [0.15, 0.2) is 0 Å². The first-order valence-electron chi connectivity index (χ1n) is 5.89. The van der Waals surface area contributed by atoms with E-state index in [2.05, 4.69) is 0 Å². The molecule has 0 saturated heterocycles. The van der Waals surface area contributed by atoms with E-state index < -0.39 is 5.92 Å². The molecule has 1 heterocycles. The van der Waals surface area contributed by atoms with Crippen molar-refractivity contribution in [3.8, 4) is 6.07 Å². The van der Waals surface area contributed by atoms with Gasteiger partial charge in [-0.25, -0.2) is 0 Å². The van der Waals surface area contributed by atoms with Gasteiger partial charge < -0.3 is 5.73 Å². The molecule has 1 unspecified atom stereocenters. The first kappa shape index (κ1) is 13.4. The van der Waals surface area contributed by atoms with Crippen molar-refractivity contribution in [1.82, 2.24) is 0 Å². The van der Waals surface area contributed by atoms with Crippen LogP contribution in [0.2, 0.25) is 5.02 Å². The Balaban J connectivity index is 2.65. The fourth-order valence-electron chi connectivity index (χ4n) is 2.42. The van der Waals surface area contributed by atoms with Crippen LogP contribution in [-0.4, -0.2) is 5.91 Å². The highest BCUT2D eigenvalue weighted by molar-refractivity contribution is 6.30. The number of halogens is 1. The molecule has 1 aromatic rings. The zero-order valence-electron chi connectivity index (χ0n) is 11.0. The highest BCUT2D eigenvalue weighted by atomic mass is 35.5. The number of hydrogen-bond acceptors (Lipinski definition) is 3. The summed E-state index contributed by atoms with van der Waals surface area (Å²) in [6, 6.07) is 5.56. The van der Waals surface area contributed by atoms with E-state index >= 15 is 0 Å². The van der Waals surface area contributed by atoms with Gasteiger partial charge >= 0.3 is 0 Å². The minimum Gasteiger partial charge on any atom is -0.384 e. The van der Waals surface area contributed by atoms with E-state index in [0.717, 1.165) is 11.1 Å². The lowest BCUT2D eigenvalue weighted by molar-refractivity contribution is -0.119. The summed E-state index contributed by atoms with van der Waals surface area (Å²) in [5.74, 6) is -0.462. The number of anilines is 1. The molecule has 0 aliphatic carbocycles. The minimum atomic E-state index is -0.500. The highest BCUT2D eigenvalue weighted by Gasteiger charge is 2.37. The third-order valence-electron chi connectivity index (χ3n) is 3.34. The molecular formula is C14H14ClN3O. The molecule has 2 rings (SSSR count). The molecule has 1 aliphatic heterocycles. The minimum absolute atomic E-state index is 0.178. The summed E-state index contributed by atoms with van der Waals surface area (Å²) in [4.78, 5) is 13.7. The molecule has 0 bridgehead atoms. The van der Waals surface area contributed by atoms with Gasteiger partial charge in [0.2, 0.25) is 5.91 Å². The number of carbonyl (C=O) groups is 1. The number of carbonyl (C=O) groups excluding carboxylic acids is 1. The van der Waals surface area contributed by atoms with Gasteiger partial charge in [-0.2, -0.15) is 5.26 Å². The molecule has 0 fully saturated rings. The zero-order chi connectivity index (χ0) is 14.3. The van der Waals surface area contributed by atoms with Crippen LogP contribution < -0.4 is 10.6 Å². The molecule has 19 heavy (non-hydrogen) atoms. The largest absolute Gasteiger partial charge is 0.384 e. The highest BCUT2D eigenvalue weighted by Crippen LogP contribution is 2.36. The summed E-state index contributed by atoms with van der Waals surface area (Å²) in [6.07, 6.45) is 0. The average Bonchev–Trinajstić information content (AvgIpc) is 2.52. The number of aryl methyl sites for hydroxylation is 2. The summed E-state index contributed by atoms with van der Waals surface area (Å²) < 4.78 is 0. The van der Waals surface area contributed by atoms with Gasteiger partial charge in [-0.3, -0.25) is 9.69 Å². The molecule has 4 nitrogen and oxygen atoms in total. The second-order valence-corrected chi connectivity index (χ2v) is 5.13. The van der Waals surface area contributed by atoms with Crippen molar-refractivity contribution in [2.75, 3.05) is 4.90 Å². The van der Waals surface area contributed by atoms with Gasteiger partial charge in [0.05, 0.1) is 23.2 Å². The number of nitrogens with zero attached hydrogens (tertiary/aromatic N) is 2. The Kier molecular flexibility index (Phi) is 3.25. The van der Waals surface area contributed by atoms with Crippen LogP contribution in [0.3, 0.4) is 0 Å². The predicted molar refractivity (Wildman–Crippen MR) is 74.4 cm³/mol. The second-order valence-electron chi connectivity index (χ2n) is 4.69. The molecule has 1 aliphatic rings. The van der Waals surface area contributed by atoms with Crippen LogP contribution >= 0.6 is 11.6 Å². The number of nitriles is 1. The Bertz CT molecular complexity index is 620. The van der Waals surface area contributed by atoms with E-state index in [0.29, 0.717) is 16.3 Å². The van der Waals surface area contributed by atoms with Crippen molar-refractivity contribution in [1.29, 1.82) is 5.26 Å². The van der Waals surface area contributed by atoms with E-state index in [9.17, 15) is 4.79 Å². The van der Waals surface area contributed by atoms with Crippen LogP contribution in [0.15, 0.2) is 23.5 Å². The van der Waals surface area contributed by atoms with Gasteiger partial charge in [-0.05, 0) is 44.0 Å². The molecule has 0 saturated carbocycles. The molecule has 1 atom stereocenters. The van der Waals surface area contributed by atoms with E-state index in [4.69, 9.17) is 22.6 Å². The lowest BCUT2D eigenvalue weighted by Crippen LogP contribution is -2.32. The van der Waals surface area contributed by atoms with Crippen molar-refractivity contribution in [3.63, 3.8) is 0 Å². The van der Waals surface area contributed by atoms with Gasteiger partial charge in [0.25, 0.3) is 0 Å². The molecular weight excluding hydrogens is 262 g/mol. The predicted octanol–water partition coefficient (Wildman–Crippen LogP) is 2.63. The van der Waals surface area contributed by atoms with E-state index in [1.165, 1.54) is 4.90 Å². The maximum Gasteiger partial charge on any atom is 0.240 e. The number of hydrogen-bond donors (Lipinski definition) is 1. The third-order valence-corrected chi connectivity index (χ3v) is 3.56. The van der Waals surface area contributed by atoms with Crippen molar-refractivity contribution in [3.05, 3.63) is 39.7 Å². The Hall–Kier alpha value is -1.99. The smallest absolute Gasteiger partial charge is 0.240 e. The quantitative estimate of drug-likeness (QED) is 0.856. The third kappa shape index (κ3) is 1.96. The molecule has 98 valence electrons. The SMILES string of the molecule is Cc1cc(Cl)cc(C)c1N1C(=O)C(C)C(C#N)=C1N. The Morgan fingerprint density at radius 1 is 1.37 bits per heavy atom. The maximum absolute atomic E-state index is 12.3. The van der Waals surface area contributed by atoms with Crippen LogP contribution in [0.5, 0.6) is 0 Å². The van der Waals surface area contributed by atoms with Crippen molar-refractivity contribution in [2.45, 2.75) is 20.8 Å². The summed E-state index contributed by atoms with van der Waals surface area (Å²) in [6.45, 7) is 5.42. The van der Waals surface area contributed by atoms with Crippen LogP contribution in [0.4, 0.5) is 5.69 Å². The number of amides is 1. The second kappa shape index (κ2) is 4.60. The molecule has 5 heteroatoms. The maximum atomic E-state index is 12.3. The molecule has 1 amide bonds. The van der Waals surface area contributed by atoms with Crippen LogP contribution in [0.1, 0.15) is 18.1 Å². The molecule has 0 aromatic heterocycles. The summed E-state index contributed by atoms with van der Waals surface area (Å²) in [5.41, 5.74) is 8.69. The zero-order valence-corrected chi connectivity index (χ0v) is 11.7. The normalized spacial score (nSPS) is 19.0. The Labute approximate surface area is 117 Å². The topological polar surface area (TPSA) is 70.1 Å². The fourth-order valence-corrected chi connectivity index (χ4v) is 2.75. The molecule has 0 spiro atoms. The number of nitrogens with two attached hydrogens (primary N) is 1. The van der Waals surface area contributed by atoms with E-state index in [-0.39, 0.29) is 11.7 Å². The standard InChI is InChI=1S/C14H14ClN3O/c1-7-4-10(15)5-8(2)12(7)18-13(17)11(6-16)9(3)14(18)19/h4-5,9H,17H2,1-3H3. The number of benzene rings is 1. The van der Waals surface area contributed by atoms with Crippen LogP contribution in [0.25, 0.3) is 0 Å². The van der Waals surface area contributed by atoms with Gasteiger partial charge in [0, 0.05) is 5.02 Å². The molecule has 1 aromatic carbocycles. The molecule has 0 radical (unpaired) electrons. The van der Waals surface area contributed by atoms with Crippen molar-refractivity contribution in [2.24, 2.45) is 11.7 Å². The number of rotatable bonds is 1. The lowest BCUT2D eigenvalue weighted by atomic mass is 10.1. The van der Waals surface area contributed by atoms with Crippen molar-refractivity contribution < 1.29 is 4.79 Å². The summed E-state index contributed by atoms with van der Waals surface area (Å²) in [7, 11) is 0. The summed E-state index contributed by atoms with van der Waals surface area (Å²) >= 11 is 5.99. The van der Waals surface area contributed by atoms with E-state index in [1.807, 2.05) is 19.9 Å². The van der Waals surface area contributed by atoms with Gasteiger partial charge in [-0.15, -0.1) is 0 Å². The summed E-state index contributed by atoms with van der Waals surface area (Å²) in [5, 5.41) is 9.70. The lowest BCUT2D eigenvalue weighted by Gasteiger charge is -2.22. The van der Waals surface area contributed by atoms with Gasteiger partial charge in [0.1, 0.15) is 5.82 Å². The van der Waals surface area contributed by atoms with E-state index in [1.54, 1.807) is 19.1 Å². The Morgan fingerprint density at radius 2 is 1.89 bits per heavy atom. The van der Waals surface area contributed by atoms with Crippen LogP contribution in [-0.2, 0) is 4.79 Å². The van der Waals surface area contributed by atoms with Crippen LogP contribution in [0, 0.1) is 31.1 Å². The molecule has 2 N–H and O–H groups in total. The average molecular weight is 276 g/mol. The first-order chi connectivity index (χ1) is 8.88.